The molecule has 1 fully saturated rings. The van der Waals surface area contributed by atoms with Crippen molar-refractivity contribution in [3.05, 3.63) is 54.1 Å². The zero-order valence-electron chi connectivity index (χ0n) is 19.0. The van der Waals surface area contributed by atoms with Gasteiger partial charge in [0.2, 0.25) is 18.2 Å². The molecule has 0 saturated carbocycles. The number of nitrogens with zero attached hydrogens (tertiary/aromatic N) is 4. The van der Waals surface area contributed by atoms with Crippen molar-refractivity contribution in [1.82, 2.24) is 4.90 Å². The standard InChI is InChI=1S/C24H32N6O2/c1-4-32-21-11-7-19(8-12-21)26-23-27-22(25)28-24(29-13-15-31-16-14-29)30(23)20-9-5-18(6-10-20)17(2)3/h5-12,17,23,26H,4,13-16H2,1-3H3,(H2,25,27). The van der Waals surface area contributed by atoms with Gasteiger partial charge in [-0.05, 0) is 54.8 Å². The Morgan fingerprint density at radius 1 is 1.09 bits per heavy atom. The van der Waals surface area contributed by atoms with E-state index in [1.807, 2.05) is 31.2 Å². The van der Waals surface area contributed by atoms with Crippen LogP contribution in [0.3, 0.4) is 0 Å². The summed E-state index contributed by atoms with van der Waals surface area (Å²) in [7, 11) is 0. The van der Waals surface area contributed by atoms with Gasteiger partial charge in [-0.25, -0.2) is 4.99 Å². The topological polar surface area (TPSA) is 87.7 Å². The van der Waals surface area contributed by atoms with E-state index in [0.29, 0.717) is 25.7 Å². The first-order valence-corrected chi connectivity index (χ1v) is 11.2. The maximum atomic E-state index is 6.16. The van der Waals surface area contributed by atoms with E-state index >= 15 is 0 Å². The van der Waals surface area contributed by atoms with Gasteiger partial charge in [-0.1, -0.05) is 26.0 Å². The van der Waals surface area contributed by atoms with E-state index in [1.165, 1.54) is 5.56 Å². The first-order chi connectivity index (χ1) is 15.5. The van der Waals surface area contributed by atoms with Crippen LogP contribution in [-0.4, -0.2) is 56.0 Å². The second kappa shape index (κ2) is 9.91. The van der Waals surface area contributed by atoms with Gasteiger partial charge >= 0.3 is 0 Å². The summed E-state index contributed by atoms with van der Waals surface area (Å²) in [4.78, 5) is 13.6. The lowest BCUT2D eigenvalue weighted by molar-refractivity contribution is 0.0671. The van der Waals surface area contributed by atoms with Crippen molar-refractivity contribution < 1.29 is 9.47 Å². The third-order valence-electron chi connectivity index (χ3n) is 5.52. The van der Waals surface area contributed by atoms with Crippen molar-refractivity contribution in [3.63, 3.8) is 0 Å². The highest BCUT2D eigenvalue weighted by Gasteiger charge is 2.32. The zero-order valence-corrected chi connectivity index (χ0v) is 19.0. The van der Waals surface area contributed by atoms with E-state index in [1.54, 1.807) is 0 Å². The maximum absolute atomic E-state index is 6.16. The van der Waals surface area contributed by atoms with E-state index in [-0.39, 0.29) is 5.96 Å². The van der Waals surface area contributed by atoms with Crippen LogP contribution in [0, 0.1) is 0 Å². The highest BCUT2D eigenvalue weighted by Crippen LogP contribution is 2.27. The minimum atomic E-state index is -0.437. The fraction of sp³-hybridized carbons (Fsp3) is 0.417. The van der Waals surface area contributed by atoms with Gasteiger partial charge in [0.05, 0.1) is 19.8 Å². The highest BCUT2D eigenvalue weighted by molar-refractivity contribution is 6.06. The number of hydrogen-bond donors (Lipinski definition) is 2. The van der Waals surface area contributed by atoms with E-state index in [9.17, 15) is 0 Å². The first-order valence-electron chi connectivity index (χ1n) is 11.2. The molecular weight excluding hydrogens is 404 g/mol. The van der Waals surface area contributed by atoms with Gasteiger partial charge in [-0.15, -0.1) is 0 Å². The van der Waals surface area contributed by atoms with Gasteiger partial charge in [0.1, 0.15) is 5.75 Å². The van der Waals surface area contributed by atoms with Crippen LogP contribution in [0.4, 0.5) is 11.4 Å². The number of guanidine groups is 2. The second-order valence-corrected chi connectivity index (χ2v) is 8.09. The van der Waals surface area contributed by atoms with E-state index in [4.69, 9.17) is 15.2 Å². The number of morpholine rings is 1. The molecule has 0 aliphatic carbocycles. The fourth-order valence-electron chi connectivity index (χ4n) is 3.80. The first kappa shape index (κ1) is 22.0. The lowest BCUT2D eigenvalue weighted by Gasteiger charge is -2.41. The quantitative estimate of drug-likeness (QED) is 0.721. The Bertz CT molecular complexity index is 949. The van der Waals surface area contributed by atoms with Gasteiger partial charge in [0.25, 0.3) is 0 Å². The normalized spacial score (nSPS) is 18.9. The molecule has 0 bridgehead atoms. The molecule has 1 atom stereocenters. The van der Waals surface area contributed by atoms with Crippen LogP contribution < -0.4 is 20.7 Å². The lowest BCUT2D eigenvalue weighted by Crippen LogP contribution is -2.57. The largest absolute Gasteiger partial charge is 0.494 e. The molecule has 1 unspecified atom stereocenters. The highest BCUT2D eigenvalue weighted by atomic mass is 16.5. The number of rotatable bonds is 6. The van der Waals surface area contributed by atoms with Gasteiger partial charge in [-0.3, -0.25) is 4.90 Å². The molecule has 8 nitrogen and oxygen atoms in total. The Kier molecular flexibility index (Phi) is 6.80. The minimum Gasteiger partial charge on any atom is -0.494 e. The molecule has 2 aromatic rings. The number of ether oxygens (including phenoxy) is 2. The van der Waals surface area contributed by atoms with Crippen molar-refractivity contribution in [2.75, 3.05) is 43.1 Å². The molecular formula is C24H32N6O2. The van der Waals surface area contributed by atoms with Crippen LogP contribution >= 0.6 is 0 Å². The zero-order chi connectivity index (χ0) is 22.5. The van der Waals surface area contributed by atoms with Crippen molar-refractivity contribution >= 4 is 23.3 Å². The number of aliphatic imine (C=N–C) groups is 2. The lowest BCUT2D eigenvalue weighted by atomic mass is 10.0. The number of nitrogens with one attached hydrogen (secondary N) is 1. The Labute approximate surface area is 189 Å². The Balaban J connectivity index is 1.66. The van der Waals surface area contributed by atoms with Crippen molar-refractivity contribution in [2.24, 2.45) is 15.7 Å². The number of hydrogen-bond acceptors (Lipinski definition) is 8. The molecule has 0 radical (unpaired) electrons. The molecule has 0 aromatic heterocycles. The SMILES string of the molecule is CCOc1ccc(NC2N=C(N)N=C(N3CCOCC3)N2c2ccc(C(C)C)cc2)cc1. The third kappa shape index (κ3) is 4.96. The molecule has 4 rings (SSSR count). The Morgan fingerprint density at radius 2 is 1.78 bits per heavy atom. The molecule has 170 valence electrons. The molecule has 2 aromatic carbocycles. The molecule has 8 heteroatoms. The molecule has 0 spiro atoms. The average molecular weight is 437 g/mol. The average Bonchev–Trinajstić information content (AvgIpc) is 2.81. The third-order valence-corrected chi connectivity index (χ3v) is 5.52. The predicted molar refractivity (Wildman–Crippen MR) is 129 cm³/mol. The van der Waals surface area contributed by atoms with E-state index in [2.05, 4.69) is 63.2 Å². The summed E-state index contributed by atoms with van der Waals surface area (Å²) in [6.07, 6.45) is -0.437. The van der Waals surface area contributed by atoms with Crippen LogP contribution in [0.25, 0.3) is 0 Å². The number of anilines is 2. The van der Waals surface area contributed by atoms with Gasteiger partial charge < -0.3 is 25.4 Å². The van der Waals surface area contributed by atoms with Gasteiger partial charge in [-0.2, -0.15) is 4.99 Å². The summed E-state index contributed by atoms with van der Waals surface area (Å²) >= 11 is 0. The van der Waals surface area contributed by atoms with Crippen LogP contribution in [0.1, 0.15) is 32.3 Å². The molecule has 3 N–H and O–H groups in total. The van der Waals surface area contributed by atoms with Crippen LogP contribution in [0.15, 0.2) is 58.5 Å². The molecule has 2 aliphatic rings. The predicted octanol–water partition coefficient (Wildman–Crippen LogP) is 3.43. The summed E-state index contributed by atoms with van der Waals surface area (Å²) in [5.41, 5.74) is 9.37. The molecule has 2 heterocycles. The Morgan fingerprint density at radius 3 is 2.41 bits per heavy atom. The number of benzene rings is 2. The van der Waals surface area contributed by atoms with Crippen molar-refractivity contribution in [3.8, 4) is 5.75 Å². The number of nitrogens with two attached hydrogens (primary N) is 1. The Hall–Kier alpha value is -3.26. The summed E-state index contributed by atoms with van der Waals surface area (Å²) in [5, 5.41) is 3.50. The van der Waals surface area contributed by atoms with Gasteiger partial charge in [0.15, 0.2) is 0 Å². The minimum absolute atomic E-state index is 0.255. The second-order valence-electron chi connectivity index (χ2n) is 8.09. The molecule has 0 amide bonds. The fourth-order valence-corrected chi connectivity index (χ4v) is 3.80. The monoisotopic (exact) mass is 436 g/mol. The maximum Gasteiger partial charge on any atom is 0.222 e. The van der Waals surface area contributed by atoms with Crippen molar-refractivity contribution in [2.45, 2.75) is 33.0 Å². The van der Waals surface area contributed by atoms with Crippen LogP contribution in [0.2, 0.25) is 0 Å². The smallest absolute Gasteiger partial charge is 0.222 e. The van der Waals surface area contributed by atoms with E-state index < -0.39 is 6.29 Å². The molecule has 32 heavy (non-hydrogen) atoms. The van der Waals surface area contributed by atoms with Gasteiger partial charge in [0, 0.05) is 24.5 Å². The molecule has 2 aliphatic heterocycles. The van der Waals surface area contributed by atoms with Crippen LogP contribution in [0.5, 0.6) is 5.75 Å². The summed E-state index contributed by atoms with van der Waals surface area (Å²) in [6.45, 7) is 9.82. The van der Waals surface area contributed by atoms with Crippen molar-refractivity contribution in [1.29, 1.82) is 0 Å². The van der Waals surface area contributed by atoms with Crippen LogP contribution in [-0.2, 0) is 4.74 Å². The summed E-state index contributed by atoms with van der Waals surface area (Å²) in [5.74, 6) is 2.33. The molecule has 1 saturated heterocycles. The van der Waals surface area contributed by atoms with E-state index in [0.717, 1.165) is 36.2 Å². The summed E-state index contributed by atoms with van der Waals surface area (Å²) < 4.78 is 11.1. The summed E-state index contributed by atoms with van der Waals surface area (Å²) in [6, 6.07) is 16.4.